The molecular formula is C32H40ClF2N5O5S. The van der Waals surface area contributed by atoms with Crippen LogP contribution in [0.2, 0.25) is 0 Å². The Hall–Kier alpha value is -3.81. The van der Waals surface area contributed by atoms with Crippen molar-refractivity contribution in [3.63, 3.8) is 0 Å². The second-order valence-electron chi connectivity index (χ2n) is 11.4. The molecule has 1 aliphatic rings. The van der Waals surface area contributed by atoms with Gasteiger partial charge >= 0.3 is 6.03 Å². The summed E-state index contributed by atoms with van der Waals surface area (Å²) in [7, 11) is -3.28. The van der Waals surface area contributed by atoms with Crippen molar-refractivity contribution in [3.8, 4) is 11.6 Å². The van der Waals surface area contributed by atoms with Crippen molar-refractivity contribution in [2.45, 2.75) is 62.9 Å². The van der Waals surface area contributed by atoms with Crippen LogP contribution in [0.25, 0.3) is 0 Å². The van der Waals surface area contributed by atoms with Gasteiger partial charge < -0.3 is 21.1 Å². The third-order valence-electron chi connectivity index (χ3n) is 7.81. The second-order valence-corrected chi connectivity index (χ2v) is 13.4. The number of anilines is 1. The SMILES string of the molecule is CCCCC(NC(=O)Nc1cc(CC(N)=O)c(F)cc1F)C1CCN(Cc2ccc(Oc3ccc(S(C)(=O)=O)cc3)nc2)CC1.Cl. The molecule has 0 aliphatic carbocycles. The lowest BCUT2D eigenvalue weighted by Gasteiger charge is -2.36. The van der Waals surface area contributed by atoms with Gasteiger partial charge in [-0.3, -0.25) is 9.69 Å². The Labute approximate surface area is 274 Å². The first-order valence-electron chi connectivity index (χ1n) is 14.9. The highest BCUT2D eigenvalue weighted by Gasteiger charge is 2.28. The van der Waals surface area contributed by atoms with Crippen LogP contribution in [-0.2, 0) is 27.6 Å². The smallest absolute Gasteiger partial charge is 0.319 e. The molecule has 2 heterocycles. The number of nitrogens with zero attached hydrogens (tertiary/aromatic N) is 2. The average Bonchev–Trinajstić information content (AvgIpc) is 2.99. The summed E-state index contributed by atoms with van der Waals surface area (Å²) in [6.07, 6.45) is 6.87. The minimum absolute atomic E-state index is 0. The molecule has 1 unspecified atom stereocenters. The van der Waals surface area contributed by atoms with Crippen LogP contribution in [0.4, 0.5) is 19.3 Å². The summed E-state index contributed by atoms with van der Waals surface area (Å²) in [4.78, 5) is 31.0. The van der Waals surface area contributed by atoms with E-state index in [2.05, 4.69) is 27.4 Å². The minimum atomic E-state index is -3.28. The van der Waals surface area contributed by atoms with Crippen LogP contribution in [-0.4, -0.2) is 55.6 Å². The number of benzene rings is 2. The molecule has 0 saturated carbocycles. The highest BCUT2D eigenvalue weighted by molar-refractivity contribution is 7.90. The summed E-state index contributed by atoms with van der Waals surface area (Å²) in [6.45, 7) is 4.43. The average molecular weight is 680 g/mol. The number of unbranched alkanes of at least 4 members (excludes halogenated alkanes) is 1. The molecule has 3 amide bonds. The third-order valence-corrected chi connectivity index (χ3v) is 8.94. The lowest BCUT2D eigenvalue weighted by Crippen LogP contribution is -2.46. The number of nitrogens with two attached hydrogens (primary N) is 1. The van der Waals surface area contributed by atoms with E-state index in [1.807, 2.05) is 6.07 Å². The molecule has 0 spiro atoms. The minimum Gasteiger partial charge on any atom is -0.439 e. The fourth-order valence-electron chi connectivity index (χ4n) is 5.40. The first kappa shape index (κ1) is 36.7. The van der Waals surface area contributed by atoms with Gasteiger partial charge in [-0.2, -0.15) is 0 Å². The van der Waals surface area contributed by atoms with Gasteiger partial charge in [-0.1, -0.05) is 25.8 Å². The van der Waals surface area contributed by atoms with Crippen LogP contribution >= 0.6 is 12.4 Å². The lowest BCUT2D eigenvalue weighted by molar-refractivity contribution is -0.117. The van der Waals surface area contributed by atoms with Crippen molar-refractivity contribution in [1.29, 1.82) is 0 Å². The maximum absolute atomic E-state index is 14.4. The predicted molar refractivity (Wildman–Crippen MR) is 174 cm³/mol. The van der Waals surface area contributed by atoms with Crippen LogP contribution in [0.15, 0.2) is 59.6 Å². The van der Waals surface area contributed by atoms with Crippen molar-refractivity contribution in [2.24, 2.45) is 11.7 Å². The van der Waals surface area contributed by atoms with E-state index < -0.39 is 39.8 Å². The number of primary amides is 1. The number of sulfone groups is 1. The molecular weight excluding hydrogens is 640 g/mol. The fraction of sp³-hybridized carbons (Fsp3) is 0.406. The number of aromatic nitrogens is 1. The molecule has 3 aromatic rings. The first-order valence-corrected chi connectivity index (χ1v) is 16.8. The molecule has 4 rings (SSSR count). The van der Waals surface area contributed by atoms with Gasteiger partial charge in [0, 0.05) is 37.2 Å². The summed E-state index contributed by atoms with van der Waals surface area (Å²) in [5.74, 6) is -1.49. The van der Waals surface area contributed by atoms with Crippen LogP contribution < -0.4 is 21.1 Å². The van der Waals surface area contributed by atoms with Gasteiger partial charge in [0.1, 0.15) is 17.4 Å². The quantitative estimate of drug-likeness (QED) is 0.213. The number of ether oxygens (including phenoxy) is 1. The standard InChI is InChI=1S/C32H39F2N5O5S.ClH/c1-3-4-5-28(37-32(41)38-29-16-23(17-30(35)40)26(33)18-27(29)34)22-12-14-39(15-13-22)20-21-6-11-31(36-19-21)44-24-7-9-25(10-8-24)45(2,42)43;/h6-11,16,18-19,22,28H,3-5,12-15,17,20H2,1-2H3,(H2,35,40)(H2,37,38,41);1H. The normalized spacial score (nSPS) is 14.6. The molecule has 1 fully saturated rings. The topological polar surface area (TPSA) is 144 Å². The zero-order valence-corrected chi connectivity index (χ0v) is 27.4. The molecule has 4 N–H and O–H groups in total. The predicted octanol–water partition coefficient (Wildman–Crippen LogP) is 5.60. The summed E-state index contributed by atoms with van der Waals surface area (Å²) in [6, 6.07) is 10.9. The van der Waals surface area contributed by atoms with E-state index >= 15 is 0 Å². The van der Waals surface area contributed by atoms with Gasteiger partial charge in [-0.15, -0.1) is 12.4 Å². The number of amides is 3. The molecule has 0 radical (unpaired) electrons. The van der Waals surface area contributed by atoms with E-state index in [9.17, 15) is 26.8 Å². The largest absolute Gasteiger partial charge is 0.439 e. The molecule has 10 nitrogen and oxygen atoms in total. The number of urea groups is 1. The Morgan fingerprint density at radius 3 is 2.37 bits per heavy atom. The number of pyridine rings is 1. The lowest BCUT2D eigenvalue weighted by atomic mass is 9.86. The number of carbonyl (C=O) groups is 2. The number of piperidine rings is 1. The van der Waals surface area contributed by atoms with E-state index in [0.717, 1.165) is 63.1 Å². The molecule has 1 saturated heterocycles. The van der Waals surface area contributed by atoms with Crippen LogP contribution in [0.5, 0.6) is 11.6 Å². The zero-order valence-electron chi connectivity index (χ0n) is 25.8. The van der Waals surface area contributed by atoms with Crippen molar-refractivity contribution >= 4 is 39.9 Å². The van der Waals surface area contributed by atoms with Crippen LogP contribution in [0, 0.1) is 17.6 Å². The molecule has 14 heteroatoms. The Morgan fingerprint density at radius 2 is 1.78 bits per heavy atom. The van der Waals surface area contributed by atoms with Crippen molar-refractivity contribution in [3.05, 3.63) is 77.5 Å². The summed E-state index contributed by atoms with van der Waals surface area (Å²) >= 11 is 0. The molecule has 250 valence electrons. The molecule has 1 aliphatic heterocycles. The third kappa shape index (κ3) is 10.6. The van der Waals surface area contributed by atoms with Crippen molar-refractivity contribution < 1.29 is 31.5 Å². The molecule has 2 aromatic carbocycles. The van der Waals surface area contributed by atoms with Crippen LogP contribution in [0.1, 0.15) is 50.2 Å². The number of nitrogens with one attached hydrogen (secondary N) is 2. The second kappa shape index (κ2) is 16.7. The summed E-state index contributed by atoms with van der Waals surface area (Å²) in [5.41, 5.74) is 5.86. The summed E-state index contributed by atoms with van der Waals surface area (Å²) < 4.78 is 57.4. The van der Waals surface area contributed by atoms with E-state index in [0.29, 0.717) is 24.2 Å². The highest BCUT2D eigenvalue weighted by Crippen LogP contribution is 2.27. The zero-order chi connectivity index (χ0) is 32.6. The van der Waals surface area contributed by atoms with E-state index in [1.54, 1.807) is 24.4 Å². The van der Waals surface area contributed by atoms with Gasteiger partial charge in [-0.25, -0.2) is 27.0 Å². The Kier molecular flexibility index (Phi) is 13.3. The number of hydrogen-bond acceptors (Lipinski definition) is 7. The monoisotopic (exact) mass is 679 g/mol. The van der Waals surface area contributed by atoms with Crippen LogP contribution in [0.3, 0.4) is 0 Å². The Bertz CT molecular complexity index is 1590. The van der Waals surface area contributed by atoms with Gasteiger partial charge in [0.05, 0.1) is 17.0 Å². The maximum Gasteiger partial charge on any atom is 0.319 e. The van der Waals surface area contributed by atoms with E-state index in [-0.39, 0.29) is 40.5 Å². The maximum atomic E-state index is 14.4. The Balaban J connectivity index is 0.00000576. The van der Waals surface area contributed by atoms with Gasteiger partial charge in [0.2, 0.25) is 11.8 Å². The number of carbonyl (C=O) groups excluding carboxylic acids is 2. The number of likely N-dealkylation sites (tertiary alicyclic amines) is 1. The molecule has 46 heavy (non-hydrogen) atoms. The molecule has 1 aromatic heterocycles. The summed E-state index contributed by atoms with van der Waals surface area (Å²) in [5, 5.41) is 5.47. The van der Waals surface area contributed by atoms with Gasteiger partial charge in [0.25, 0.3) is 0 Å². The highest BCUT2D eigenvalue weighted by atomic mass is 35.5. The molecule has 0 bridgehead atoms. The first-order chi connectivity index (χ1) is 21.4. The number of rotatable bonds is 13. The fourth-order valence-corrected chi connectivity index (χ4v) is 6.03. The van der Waals surface area contributed by atoms with Crippen molar-refractivity contribution in [2.75, 3.05) is 24.7 Å². The van der Waals surface area contributed by atoms with Gasteiger partial charge in [-0.05, 0) is 79.7 Å². The number of hydrogen-bond donors (Lipinski definition) is 3. The Morgan fingerprint density at radius 1 is 1.09 bits per heavy atom. The number of halogens is 3. The molecule has 1 atom stereocenters. The van der Waals surface area contributed by atoms with E-state index in [1.165, 1.54) is 12.1 Å². The van der Waals surface area contributed by atoms with Gasteiger partial charge in [0.15, 0.2) is 9.84 Å². The van der Waals surface area contributed by atoms with Crippen molar-refractivity contribution in [1.82, 2.24) is 15.2 Å². The van der Waals surface area contributed by atoms with E-state index in [4.69, 9.17) is 10.5 Å².